The second-order valence-corrected chi connectivity index (χ2v) is 12.3. The molecule has 3 aromatic rings. The van der Waals surface area contributed by atoms with Crippen LogP contribution in [-0.4, -0.2) is 43.8 Å². The standard InChI is InChI=1S/C31H36F3N3O4S/c1-6-28(30(39)35-21(2)3)36(19-24-14-10-22(4)11-15-24)29(38)20-37(26-9-7-8-25(18-26)31(32,33)34)42(40,41)27-16-12-23(5)13-17-27/h7-18,21,28H,6,19-20H2,1-5H3,(H,35,39)/t28-/m0/s1. The summed E-state index contributed by atoms with van der Waals surface area (Å²) < 4.78 is 69.3. The van der Waals surface area contributed by atoms with Crippen molar-refractivity contribution in [1.29, 1.82) is 0 Å². The monoisotopic (exact) mass is 603 g/mol. The van der Waals surface area contributed by atoms with Crippen molar-refractivity contribution in [1.82, 2.24) is 10.2 Å². The predicted octanol–water partition coefficient (Wildman–Crippen LogP) is 5.85. The number of sulfonamides is 1. The molecule has 0 unspecified atom stereocenters. The molecule has 0 aliphatic carbocycles. The van der Waals surface area contributed by atoms with Crippen LogP contribution in [0.5, 0.6) is 0 Å². The van der Waals surface area contributed by atoms with Gasteiger partial charge in [-0.25, -0.2) is 8.42 Å². The van der Waals surface area contributed by atoms with Crippen molar-refractivity contribution in [2.45, 2.75) is 70.7 Å². The molecule has 0 fully saturated rings. The average Bonchev–Trinajstić information content (AvgIpc) is 2.92. The van der Waals surface area contributed by atoms with Gasteiger partial charge in [-0.05, 0) is 70.0 Å². The maximum absolute atomic E-state index is 14.0. The number of hydrogen-bond donors (Lipinski definition) is 1. The number of hydrogen-bond acceptors (Lipinski definition) is 4. The van der Waals surface area contributed by atoms with Gasteiger partial charge in [0, 0.05) is 12.6 Å². The Labute approximate surface area is 245 Å². The molecule has 0 saturated heterocycles. The molecule has 11 heteroatoms. The summed E-state index contributed by atoms with van der Waals surface area (Å²) in [7, 11) is -4.49. The van der Waals surface area contributed by atoms with E-state index in [0.29, 0.717) is 15.9 Å². The van der Waals surface area contributed by atoms with Crippen molar-refractivity contribution >= 4 is 27.5 Å². The molecule has 0 aromatic heterocycles. The molecule has 0 heterocycles. The zero-order chi connectivity index (χ0) is 31.2. The van der Waals surface area contributed by atoms with Gasteiger partial charge in [0.2, 0.25) is 11.8 Å². The number of anilines is 1. The minimum absolute atomic E-state index is 0.00978. The Kier molecular flexibility index (Phi) is 10.4. The lowest BCUT2D eigenvalue weighted by atomic mass is 10.1. The first-order valence-corrected chi connectivity index (χ1v) is 15.0. The van der Waals surface area contributed by atoms with E-state index in [9.17, 15) is 31.2 Å². The van der Waals surface area contributed by atoms with Crippen LogP contribution in [-0.2, 0) is 32.3 Å². The van der Waals surface area contributed by atoms with E-state index in [2.05, 4.69) is 5.32 Å². The number of nitrogens with one attached hydrogen (secondary N) is 1. The van der Waals surface area contributed by atoms with E-state index in [0.717, 1.165) is 23.3 Å². The lowest BCUT2D eigenvalue weighted by molar-refractivity contribution is -0.140. The number of benzene rings is 3. The number of rotatable bonds is 11. The summed E-state index contributed by atoms with van der Waals surface area (Å²) in [5.41, 5.74) is 1.09. The maximum atomic E-state index is 14.0. The Morgan fingerprint density at radius 3 is 2.00 bits per heavy atom. The van der Waals surface area contributed by atoms with Crippen molar-refractivity contribution in [3.63, 3.8) is 0 Å². The molecule has 1 atom stereocenters. The molecule has 7 nitrogen and oxygen atoms in total. The van der Waals surface area contributed by atoms with Crippen molar-refractivity contribution < 1.29 is 31.2 Å². The van der Waals surface area contributed by atoms with Crippen LogP contribution in [0.3, 0.4) is 0 Å². The topological polar surface area (TPSA) is 86.8 Å². The van der Waals surface area contributed by atoms with Gasteiger partial charge < -0.3 is 10.2 Å². The van der Waals surface area contributed by atoms with Crippen LogP contribution in [0.4, 0.5) is 18.9 Å². The van der Waals surface area contributed by atoms with Gasteiger partial charge in [0.25, 0.3) is 10.0 Å². The largest absolute Gasteiger partial charge is 0.416 e. The van der Waals surface area contributed by atoms with Gasteiger partial charge in [-0.15, -0.1) is 0 Å². The van der Waals surface area contributed by atoms with Gasteiger partial charge in [-0.2, -0.15) is 13.2 Å². The third kappa shape index (κ3) is 8.12. The zero-order valence-electron chi connectivity index (χ0n) is 24.3. The second-order valence-electron chi connectivity index (χ2n) is 10.5. The third-order valence-electron chi connectivity index (χ3n) is 6.64. The van der Waals surface area contributed by atoms with E-state index in [1.165, 1.54) is 23.1 Å². The fraction of sp³-hybridized carbons (Fsp3) is 0.355. The molecule has 3 rings (SSSR count). The molecule has 0 saturated carbocycles. The Balaban J connectivity index is 2.12. The van der Waals surface area contributed by atoms with Crippen LogP contribution in [0.25, 0.3) is 0 Å². The van der Waals surface area contributed by atoms with Gasteiger partial charge in [0.05, 0.1) is 16.1 Å². The highest BCUT2D eigenvalue weighted by atomic mass is 32.2. The fourth-order valence-electron chi connectivity index (χ4n) is 4.39. The summed E-state index contributed by atoms with van der Waals surface area (Å²) in [5, 5.41) is 2.80. The Morgan fingerprint density at radius 1 is 0.905 bits per heavy atom. The average molecular weight is 604 g/mol. The summed E-state index contributed by atoms with van der Waals surface area (Å²) in [6, 6.07) is 15.8. The highest BCUT2D eigenvalue weighted by molar-refractivity contribution is 7.92. The minimum atomic E-state index is -4.74. The van der Waals surface area contributed by atoms with Gasteiger partial charge in [-0.3, -0.25) is 13.9 Å². The molecule has 0 aliphatic rings. The number of nitrogens with zero attached hydrogens (tertiary/aromatic N) is 2. The number of carbonyl (C=O) groups is 2. The van der Waals surface area contributed by atoms with Crippen molar-refractivity contribution in [2.24, 2.45) is 0 Å². The Bertz CT molecular complexity index is 1490. The molecular formula is C31H36F3N3O4S. The molecule has 0 aliphatic heterocycles. The first kappa shape index (κ1) is 32.7. The summed E-state index contributed by atoms with van der Waals surface area (Å²) in [6.45, 7) is 8.12. The van der Waals surface area contributed by atoms with Crippen LogP contribution in [0.1, 0.15) is 49.4 Å². The molecule has 226 valence electrons. The summed E-state index contributed by atoms with van der Waals surface area (Å²) in [5.74, 6) is -1.16. The van der Waals surface area contributed by atoms with E-state index in [1.54, 1.807) is 52.0 Å². The van der Waals surface area contributed by atoms with E-state index in [-0.39, 0.29) is 29.6 Å². The molecular weight excluding hydrogens is 567 g/mol. The zero-order valence-corrected chi connectivity index (χ0v) is 25.1. The van der Waals surface area contributed by atoms with Crippen LogP contribution in [0.15, 0.2) is 77.7 Å². The Morgan fingerprint density at radius 2 is 1.48 bits per heavy atom. The molecule has 3 aromatic carbocycles. The highest BCUT2D eigenvalue weighted by Gasteiger charge is 2.36. The molecule has 0 radical (unpaired) electrons. The molecule has 0 spiro atoms. The summed E-state index contributed by atoms with van der Waals surface area (Å²) in [4.78, 5) is 28.3. The predicted molar refractivity (Wildman–Crippen MR) is 156 cm³/mol. The van der Waals surface area contributed by atoms with Crippen LogP contribution >= 0.6 is 0 Å². The van der Waals surface area contributed by atoms with Crippen molar-refractivity contribution in [2.75, 3.05) is 10.8 Å². The van der Waals surface area contributed by atoms with E-state index in [4.69, 9.17) is 0 Å². The normalized spacial score (nSPS) is 12.6. The molecule has 42 heavy (non-hydrogen) atoms. The van der Waals surface area contributed by atoms with E-state index in [1.807, 2.05) is 19.1 Å². The van der Waals surface area contributed by atoms with Gasteiger partial charge in [0.15, 0.2) is 0 Å². The number of carbonyl (C=O) groups excluding carboxylic acids is 2. The number of alkyl halides is 3. The first-order valence-electron chi connectivity index (χ1n) is 13.6. The quantitative estimate of drug-likeness (QED) is 0.298. The van der Waals surface area contributed by atoms with E-state index >= 15 is 0 Å². The second kappa shape index (κ2) is 13.4. The number of amides is 2. The SMILES string of the molecule is CC[C@@H](C(=O)NC(C)C)N(Cc1ccc(C)cc1)C(=O)CN(c1cccc(C(F)(F)F)c1)S(=O)(=O)c1ccc(C)cc1. The molecule has 1 N–H and O–H groups in total. The van der Waals surface area contributed by atoms with Crippen LogP contribution in [0.2, 0.25) is 0 Å². The van der Waals surface area contributed by atoms with Crippen molar-refractivity contribution in [3.05, 3.63) is 95.1 Å². The lowest BCUT2D eigenvalue weighted by Gasteiger charge is -2.33. The van der Waals surface area contributed by atoms with Gasteiger partial charge in [-0.1, -0.05) is 60.5 Å². The van der Waals surface area contributed by atoms with Gasteiger partial charge >= 0.3 is 6.18 Å². The van der Waals surface area contributed by atoms with E-state index < -0.39 is 46.2 Å². The Hall–Kier alpha value is -3.86. The number of aryl methyl sites for hydroxylation is 2. The summed E-state index contributed by atoms with van der Waals surface area (Å²) in [6.07, 6.45) is -4.51. The lowest BCUT2D eigenvalue weighted by Crippen LogP contribution is -2.53. The number of halogens is 3. The van der Waals surface area contributed by atoms with Crippen LogP contribution in [0, 0.1) is 13.8 Å². The van der Waals surface area contributed by atoms with Crippen LogP contribution < -0.4 is 9.62 Å². The molecule has 2 amide bonds. The maximum Gasteiger partial charge on any atom is 0.416 e. The van der Waals surface area contributed by atoms with Crippen molar-refractivity contribution in [3.8, 4) is 0 Å². The smallest absolute Gasteiger partial charge is 0.352 e. The molecule has 0 bridgehead atoms. The first-order chi connectivity index (χ1) is 19.6. The van der Waals surface area contributed by atoms with Gasteiger partial charge in [0.1, 0.15) is 12.6 Å². The third-order valence-corrected chi connectivity index (χ3v) is 8.43. The summed E-state index contributed by atoms with van der Waals surface area (Å²) >= 11 is 0. The highest BCUT2D eigenvalue weighted by Crippen LogP contribution is 2.33. The fourth-order valence-corrected chi connectivity index (χ4v) is 5.80. The minimum Gasteiger partial charge on any atom is -0.352 e.